The Morgan fingerprint density at radius 1 is 1.12 bits per heavy atom. The van der Waals surface area contributed by atoms with E-state index < -0.39 is 5.97 Å². The van der Waals surface area contributed by atoms with Crippen LogP contribution in [-0.4, -0.2) is 37.5 Å². The largest absolute Gasteiger partial charge is 0.465 e. The van der Waals surface area contributed by atoms with Crippen LogP contribution < -0.4 is 9.80 Å². The van der Waals surface area contributed by atoms with Crippen molar-refractivity contribution in [2.24, 2.45) is 0 Å². The minimum atomic E-state index is -0.453. The number of rotatable bonds is 6. The molecule has 0 atom stereocenters. The number of amides is 2. The molecule has 1 aromatic carbocycles. The molecule has 0 saturated carbocycles. The van der Waals surface area contributed by atoms with E-state index in [1.165, 1.54) is 4.90 Å². The molecule has 1 aliphatic rings. The SMILES string of the molecule is CCCCC(=O)N1CC(=O)N(CC(=O)OCC)c2cc(C)c(C)cc21. The van der Waals surface area contributed by atoms with Gasteiger partial charge in [-0.3, -0.25) is 19.3 Å². The van der Waals surface area contributed by atoms with Crippen molar-refractivity contribution in [3.8, 4) is 0 Å². The molecule has 0 N–H and O–H groups in total. The summed E-state index contributed by atoms with van der Waals surface area (Å²) in [6.45, 7) is 7.75. The summed E-state index contributed by atoms with van der Waals surface area (Å²) in [5, 5.41) is 0. The van der Waals surface area contributed by atoms with Crippen LogP contribution in [0.5, 0.6) is 0 Å². The number of hydrogen-bond donors (Lipinski definition) is 0. The Hall–Kier alpha value is -2.37. The fourth-order valence-corrected chi connectivity index (χ4v) is 2.85. The van der Waals surface area contributed by atoms with Gasteiger partial charge in [-0.2, -0.15) is 0 Å². The zero-order valence-corrected chi connectivity index (χ0v) is 15.4. The molecule has 0 aliphatic carbocycles. The number of benzene rings is 1. The van der Waals surface area contributed by atoms with Gasteiger partial charge in [0.2, 0.25) is 11.8 Å². The summed E-state index contributed by atoms with van der Waals surface area (Å²) < 4.78 is 4.98. The van der Waals surface area contributed by atoms with Crippen molar-refractivity contribution in [1.82, 2.24) is 0 Å². The summed E-state index contributed by atoms with van der Waals surface area (Å²) in [6, 6.07) is 3.78. The molecular weight excluding hydrogens is 320 g/mol. The molecular formula is C19H26N2O4. The van der Waals surface area contributed by atoms with Crippen molar-refractivity contribution < 1.29 is 19.1 Å². The Labute approximate surface area is 148 Å². The maximum absolute atomic E-state index is 12.6. The topological polar surface area (TPSA) is 66.9 Å². The van der Waals surface area contributed by atoms with E-state index >= 15 is 0 Å². The van der Waals surface area contributed by atoms with Crippen LogP contribution in [-0.2, 0) is 19.1 Å². The standard InChI is InChI=1S/C19H26N2O4/c1-5-7-8-17(22)20-11-18(23)21(12-19(24)25-6-2)16-10-14(4)13(3)9-15(16)20/h9-10H,5-8,11-12H2,1-4H3. The normalized spacial score (nSPS) is 13.7. The molecule has 136 valence electrons. The van der Waals surface area contributed by atoms with Gasteiger partial charge in [0.1, 0.15) is 13.1 Å². The minimum absolute atomic E-state index is 0.0442. The van der Waals surface area contributed by atoms with E-state index in [2.05, 4.69) is 0 Å². The summed E-state index contributed by atoms with van der Waals surface area (Å²) >= 11 is 0. The quantitative estimate of drug-likeness (QED) is 0.743. The van der Waals surface area contributed by atoms with Crippen LogP contribution in [0.2, 0.25) is 0 Å². The second kappa shape index (κ2) is 8.14. The molecule has 0 radical (unpaired) electrons. The number of aryl methyl sites for hydroxylation is 2. The van der Waals surface area contributed by atoms with E-state index in [9.17, 15) is 14.4 Å². The second-order valence-corrected chi connectivity index (χ2v) is 6.29. The molecule has 6 heteroatoms. The summed E-state index contributed by atoms with van der Waals surface area (Å²) in [7, 11) is 0. The zero-order valence-electron chi connectivity index (χ0n) is 15.4. The van der Waals surface area contributed by atoms with Crippen molar-refractivity contribution in [2.75, 3.05) is 29.5 Å². The average molecular weight is 346 g/mol. The molecule has 25 heavy (non-hydrogen) atoms. The molecule has 2 amide bonds. The minimum Gasteiger partial charge on any atom is -0.465 e. The van der Waals surface area contributed by atoms with E-state index in [1.807, 2.05) is 32.9 Å². The second-order valence-electron chi connectivity index (χ2n) is 6.29. The molecule has 0 aromatic heterocycles. The Balaban J connectivity index is 2.41. The Kier molecular flexibility index (Phi) is 6.17. The number of fused-ring (bicyclic) bond motifs is 1. The molecule has 0 fully saturated rings. The molecule has 0 unspecified atom stereocenters. The van der Waals surface area contributed by atoms with Crippen LogP contribution in [0.15, 0.2) is 12.1 Å². The van der Waals surface area contributed by atoms with E-state index in [0.717, 1.165) is 24.0 Å². The first-order chi connectivity index (χ1) is 11.9. The number of ether oxygens (including phenoxy) is 1. The first-order valence-corrected chi connectivity index (χ1v) is 8.76. The lowest BCUT2D eigenvalue weighted by molar-refractivity contribution is -0.142. The van der Waals surface area contributed by atoms with E-state index in [4.69, 9.17) is 4.74 Å². The highest BCUT2D eigenvalue weighted by Gasteiger charge is 2.34. The molecule has 2 rings (SSSR count). The third-order valence-corrected chi connectivity index (χ3v) is 4.40. The number of esters is 1. The summed E-state index contributed by atoms with van der Waals surface area (Å²) in [4.78, 5) is 40.0. The van der Waals surface area contributed by atoms with Crippen molar-refractivity contribution >= 4 is 29.2 Å². The van der Waals surface area contributed by atoms with Gasteiger partial charge in [0.15, 0.2) is 0 Å². The number of unbranched alkanes of at least 4 members (excludes halogenated alkanes) is 1. The first-order valence-electron chi connectivity index (χ1n) is 8.76. The average Bonchev–Trinajstić information content (AvgIpc) is 2.57. The van der Waals surface area contributed by atoms with Gasteiger partial charge in [-0.15, -0.1) is 0 Å². The van der Waals surface area contributed by atoms with Gasteiger partial charge in [-0.05, 0) is 50.5 Å². The van der Waals surface area contributed by atoms with Crippen molar-refractivity contribution in [3.05, 3.63) is 23.3 Å². The fraction of sp³-hybridized carbons (Fsp3) is 0.526. The maximum atomic E-state index is 12.6. The van der Waals surface area contributed by atoms with Gasteiger partial charge < -0.3 is 9.64 Å². The smallest absolute Gasteiger partial charge is 0.326 e. The fourth-order valence-electron chi connectivity index (χ4n) is 2.85. The number of carbonyl (C=O) groups excluding carboxylic acids is 3. The maximum Gasteiger partial charge on any atom is 0.326 e. The van der Waals surface area contributed by atoms with Crippen molar-refractivity contribution in [1.29, 1.82) is 0 Å². The third-order valence-electron chi connectivity index (χ3n) is 4.40. The van der Waals surface area contributed by atoms with E-state index in [1.54, 1.807) is 11.8 Å². The monoisotopic (exact) mass is 346 g/mol. The predicted molar refractivity (Wildman–Crippen MR) is 96.8 cm³/mol. The van der Waals surface area contributed by atoms with Gasteiger partial charge in [0.25, 0.3) is 0 Å². The number of anilines is 2. The summed E-state index contributed by atoms with van der Waals surface area (Å²) in [6.07, 6.45) is 2.12. The number of carbonyl (C=O) groups is 3. The molecule has 1 aliphatic heterocycles. The highest BCUT2D eigenvalue weighted by molar-refractivity contribution is 6.12. The predicted octanol–water partition coefficient (Wildman–Crippen LogP) is 2.74. The number of hydrogen-bond acceptors (Lipinski definition) is 4. The first kappa shape index (κ1) is 19.0. The molecule has 6 nitrogen and oxygen atoms in total. The summed E-state index contributed by atoms with van der Waals surface area (Å²) in [5.74, 6) is -0.782. The molecule has 1 aromatic rings. The van der Waals surface area contributed by atoms with Gasteiger partial charge in [0.05, 0.1) is 18.0 Å². The van der Waals surface area contributed by atoms with E-state index in [0.29, 0.717) is 17.8 Å². The van der Waals surface area contributed by atoms with Crippen LogP contribution in [0.4, 0.5) is 11.4 Å². The molecule has 0 bridgehead atoms. The van der Waals surface area contributed by atoms with E-state index in [-0.39, 0.29) is 31.5 Å². The Bertz CT molecular complexity index is 684. The lowest BCUT2D eigenvalue weighted by Crippen LogP contribution is -2.50. The Morgan fingerprint density at radius 2 is 1.76 bits per heavy atom. The lowest BCUT2D eigenvalue weighted by atomic mass is 10.0. The molecule has 0 saturated heterocycles. The van der Waals surface area contributed by atoms with Crippen LogP contribution >= 0.6 is 0 Å². The van der Waals surface area contributed by atoms with Gasteiger partial charge >= 0.3 is 5.97 Å². The highest BCUT2D eigenvalue weighted by Crippen LogP contribution is 2.36. The number of nitrogens with zero attached hydrogens (tertiary/aromatic N) is 2. The van der Waals surface area contributed by atoms with Crippen LogP contribution in [0, 0.1) is 13.8 Å². The lowest BCUT2D eigenvalue weighted by Gasteiger charge is -2.36. The highest BCUT2D eigenvalue weighted by atomic mass is 16.5. The molecule has 0 spiro atoms. The van der Waals surface area contributed by atoms with Crippen LogP contribution in [0.25, 0.3) is 0 Å². The summed E-state index contributed by atoms with van der Waals surface area (Å²) in [5.41, 5.74) is 3.33. The molecule has 1 heterocycles. The van der Waals surface area contributed by atoms with Crippen molar-refractivity contribution in [3.63, 3.8) is 0 Å². The van der Waals surface area contributed by atoms with Crippen molar-refractivity contribution in [2.45, 2.75) is 47.0 Å². The van der Waals surface area contributed by atoms with Crippen LogP contribution in [0.3, 0.4) is 0 Å². The van der Waals surface area contributed by atoms with Crippen LogP contribution in [0.1, 0.15) is 44.2 Å². The van der Waals surface area contributed by atoms with Gasteiger partial charge in [-0.1, -0.05) is 13.3 Å². The zero-order chi connectivity index (χ0) is 18.6. The van der Waals surface area contributed by atoms with Gasteiger partial charge in [0, 0.05) is 6.42 Å². The van der Waals surface area contributed by atoms with Gasteiger partial charge in [-0.25, -0.2) is 0 Å². The third kappa shape index (κ3) is 4.18. The Morgan fingerprint density at radius 3 is 2.36 bits per heavy atom.